The van der Waals surface area contributed by atoms with Gasteiger partial charge in [-0.3, -0.25) is 9.69 Å². The van der Waals surface area contributed by atoms with Crippen LogP contribution in [0.15, 0.2) is 30.3 Å². The Morgan fingerprint density at radius 1 is 1.38 bits per heavy atom. The predicted molar refractivity (Wildman–Crippen MR) is 59.1 cm³/mol. The molecule has 1 aliphatic heterocycles. The third kappa shape index (κ3) is 2.40. The minimum atomic E-state index is -0.823. The molecule has 1 fully saturated rings. The molecule has 1 atom stereocenters. The molecule has 1 aromatic carbocycles. The van der Waals surface area contributed by atoms with Gasteiger partial charge in [0.1, 0.15) is 6.04 Å². The molecule has 0 spiro atoms. The number of nitrogens with zero attached hydrogens (tertiary/aromatic N) is 1. The highest BCUT2D eigenvalue weighted by molar-refractivity contribution is 5.74. The lowest BCUT2D eigenvalue weighted by Crippen LogP contribution is -2.58. The molecule has 1 saturated heterocycles. The second-order valence-electron chi connectivity index (χ2n) is 4.15. The Kier molecular flexibility index (Phi) is 3.22. The van der Waals surface area contributed by atoms with E-state index in [4.69, 9.17) is 5.11 Å². The Balaban J connectivity index is 2.01. The number of aliphatic hydroxyl groups excluding tert-OH is 1. The zero-order valence-electron chi connectivity index (χ0n) is 8.91. The first-order chi connectivity index (χ1) is 7.66. The van der Waals surface area contributed by atoms with Gasteiger partial charge in [0.25, 0.3) is 0 Å². The van der Waals surface area contributed by atoms with Crippen LogP contribution < -0.4 is 0 Å². The minimum Gasteiger partial charge on any atom is -0.480 e. The van der Waals surface area contributed by atoms with E-state index in [9.17, 15) is 9.90 Å². The van der Waals surface area contributed by atoms with Crippen LogP contribution in [0.3, 0.4) is 0 Å². The third-order valence-corrected chi connectivity index (χ3v) is 2.89. The van der Waals surface area contributed by atoms with Gasteiger partial charge in [-0.05, 0) is 12.0 Å². The van der Waals surface area contributed by atoms with Crippen LogP contribution in [0.1, 0.15) is 5.56 Å². The van der Waals surface area contributed by atoms with E-state index in [0.717, 1.165) is 5.56 Å². The lowest BCUT2D eigenvalue weighted by Gasteiger charge is -2.39. The Hall–Kier alpha value is -1.39. The first-order valence-electron chi connectivity index (χ1n) is 5.35. The monoisotopic (exact) mass is 221 g/mol. The summed E-state index contributed by atoms with van der Waals surface area (Å²) >= 11 is 0. The summed E-state index contributed by atoms with van der Waals surface area (Å²) in [6.45, 7) is 0.924. The average molecular weight is 221 g/mol. The van der Waals surface area contributed by atoms with Gasteiger partial charge in [-0.25, -0.2) is 0 Å². The minimum absolute atomic E-state index is 0.363. The Labute approximate surface area is 94.1 Å². The molecule has 0 aliphatic carbocycles. The Bertz CT molecular complexity index is 360. The highest BCUT2D eigenvalue weighted by atomic mass is 16.4. The number of benzene rings is 1. The maximum absolute atomic E-state index is 11.1. The lowest BCUT2D eigenvalue weighted by molar-refractivity contribution is -0.148. The molecule has 1 unspecified atom stereocenters. The molecule has 4 nitrogen and oxygen atoms in total. The molecular formula is C12H15NO3. The van der Waals surface area contributed by atoms with E-state index in [0.29, 0.717) is 19.5 Å². The van der Waals surface area contributed by atoms with Crippen LogP contribution in [-0.2, 0) is 11.2 Å². The van der Waals surface area contributed by atoms with E-state index in [2.05, 4.69) is 0 Å². The topological polar surface area (TPSA) is 60.8 Å². The first kappa shape index (κ1) is 11.1. The van der Waals surface area contributed by atoms with Crippen molar-refractivity contribution in [2.24, 2.45) is 0 Å². The summed E-state index contributed by atoms with van der Waals surface area (Å²) < 4.78 is 0. The van der Waals surface area contributed by atoms with Gasteiger partial charge in [-0.1, -0.05) is 30.3 Å². The molecule has 2 N–H and O–H groups in total. The maximum atomic E-state index is 11.1. The molecule has 16 heavy (non-hydrogen) atoms. The number of hydrogen-bond acceptors (Lipinski definition) is 3. The average Bonchev–Trinajstić information content (AvgIpc) is 2.23. The number of aliphatic carboxylic acids is 1. The molecule has 86 valence electrons. The highest BCUT2D eigenvalue weighted by Crippen LogP contribution is 2.16. The van der Waals surface area contributed by atoms with Gasteiger partial charge in [-0.15, -0.1) is 0 Å². The van der Waals surface area contributed by atoms with E-state index in [-0.39, 0.29) is 6.10 Å². The van der Waals surface area contributed by atoms with E-state index >= 15 is 0 Å². The molecule has 4 heteroatoms. The van der Waals surface area contributed by atoms with Crippen molar-refractivity contribution in [3.63, 3.8) is 0 Å². The van der Waals surface area contributed by atoms with Gasteiger partial charge < -0.3 is 10.2 Å². The number of carboxylic acid groups (broad SMARTS) is 1. The van der Waals surface area contributed by atoms with Crippen molar-refractivity contribution in [3.8, 4) is 0 Å². The molecule has 1 aliphatic rings. The summed E-state index contributed by atoms with van der Waals surface area (Å²) in [5, 5.41) is 18.3. The van der Waals surface area contributed by atoms with Crippen LogP contribution in [0, 0.1) is 0 Å². The van der Waals surface area contributed by atoms with Crippen LogP contribution in [0.2, 0.25) is 0 Å². The summed E-state index contributed by atoms with van der Waals surface area (Å²) in [6.07, 6.45) is 0.126. The van der Waals surface area contributed by atoms with Crippen molar-refractivity contribution in [2.75, 3.05) is 13.1 Å². The largest absolute Gasteiger partial charge is 0.480 e. The van der Waals surface area contributed by atoms with Gasteiger partial charge in [0.15, 0.2) is 0 Å². The fourth-order valence-corrected chi connectivity index (χ4v) is 1.95. The highest BCUT2D eigenvalue weighted by Gasteiger charge is 2.34. The fraction of sp³-hybridized carbons (Fsp3) is 0.417. The molecule has 0 bridgehead atoms. The van der Waals surface area contributed by atoms with Crippen molar-refractivity contribution in [3.05, 3.63) is 35.9 Å². The SMILES string of the molecule is O=C(O)C(Cc1ccccc1)N1CC(O)C1. The van der Waals surface area contributed by atoms with Crippen LogP contribution in [0.25, 0.3) is 0 Å². The smallest absolute Gasteiger partial charge is 0.321 e. The van der Waals surface area contributed by atoms with Crippen LogP contribution in [-0.4, -0.2) is 46.3 Å². The molecule has 0 saturated carbocycles. The van der Waals surface area contributed by atoms with Crippen molar-refractivity contribution < 1.29 is 15.0 Å². The Morgan fingerprint density at radius 2 is 2.00 bits per heavy atom. The number of carboxylic acids is 1. The van der Waals surface area contributed by atoms with Gasteiger partial charge in [0.05, 0.1) is 6.10 Å². The molecule has 1 heterocycles. The third-order valence-electron chi connectivity index (χ3n) is 2.89. The van der Waals surface area contributed by atoms with Crippen molar-refractivity contribution in [1.82, 2.24) is 4.90 Å². The maximum Gasteiger partial charge on any atom is 0.321 e. The van der Waals surface area contributed by atoms with Gasteiger partial charge in [-0.2, -0.15) is 0 Å². The first-order valence-corrected chi connectivity index (χ1v) is 5.35. The molecule has 0 radical (unpaired) electrons. The number of aliphatic hydroxyl groups is 1. The number of rotatable bonds is 4. The lowest BCUT2D eigenvalue weighted by atomic mass is 10.0. The summed E-state index contributed by atoms with van der Waals surface area (Å²) in [6, 6.07) is 9.04. The number of hydrogen-bond donors (Lipinski definition) is 2. The molecule has 2 rings (SSSR count). The number of carbonyl (C=O) groups is 1. The molecule has 0 amide bonds. The van der Waals surface area contributed by atoms with Crippen molar-refractivity contribution >= 4 is 5.97 Å². The molecule has 1 aromatic rings. The summed E-state index contributed by atoms with van der Waals surface area (Å²) in [5.74, 6) is -0.823. The van der Waals surface area contributed by atoms with Crippen LogP contribution >= 0.6 is 0 Å². The number of likely N-dealkylation sites (tertiary alicyclic amines) is 1. The standard InChI is InChI=1S/C12H15NO3/c14-10-7-13(8-10)11(12(15)16)6-9-4-2-1-3-5-9/h1-5,10-11,14H,6-8H2,(H,15,16). The quantitative estimate of drug-likeness (QED) is 0.770. The molecule has 0 aromatic heterocycles. The zero-order valence-corrected chi connectivity index (χ0v) is 8.91. The summed E-state index contributed by atoms with van der Waals surface area (Å²) in [5.41, 5.74) is 1.01. The van der Waals surface area contributed by atoms with Crippen LogP contribution in [0.4, 0.5) is 0 Å². The van der Waals surface area contributed by atoms with Crippen molar-refractivity contribution in [2.45, 2.75) is 18.6 Å². The normalized spacial score (nSPS) is 19.1. The van der Waals surface area contributed by atoms with E-state index in [1.54, 1.807) is 4.90 Å². The summed E-state index contributed by atoms with van der Waals surface area (Å²) in [7, 11) is 0. The van der Waals surface area contributed by atoms with Gasteiger partial charge in [0, 0.05) is 13.1 Å². The predicted octanol–water partition coefficient (Wildman–Crippen LogP) is 0.359. The fourth-order valence-electron chi connectivity index (χ4n) is 1.95. The van der Waals surface area contributed by atoms with Gasteiger partial charge in [0.2, 0.25) is 0 Å². The molecular weight excluding hydrogens is 206 g/mol. The second kappa shape index (κ2) is 4.63. The summed E-state index contributed by atoms with van der Waals surface area (Å²) in [4.78, 5) is 12.9. The second-order valence-corrected chi connectivity index (χ2v) is 4.15. The Morgan fingerprint density at radius 3 is 2.50 bits per heavy atom. The van der Waals surface area contributed by atoms with Crippen molar-refractivity contribution in [1.29, 1.82) is 0 Å². The van der Waals surface area contributed by atoms with Gasteiger partial charge >= 0.3 is 5.97 Å². The number of β-amino-alcohol motifs (C(OH)–C–C–N with tert-alkyl or cyclic N) is 1. The van der Waals surface area contributed by atoms with E-state index < -0.39 is 12.0 Å². The van der Waals surface area contributed by atoms with E-state index in [1.165, 1.54) is 0 Å². The van der Waals surface area contributed by atoms with Crippen LogP contribution in [0.5, 0.6) is 0 Å². The van der Waals surface area contributed by atoms with E-state index in [1.807, 2.05) is 30.3 Å². The zero-order chi connectivity index (χ0) is 11.5.